The molecule has 0 saturated carbocycles. The fourth-order valence-corrected chi connectivity index (χ4v) is 3.29. The molecule has 1 aromatic heterocycles. The van der Waals surface area contributed by atoms with Crippen LogP contribution in [0.25, 0.3) is 11.0 Å². The van der Waals surface area contributed by atoms with Crippen molar-refractivity contribution in [3.8, 4) is 0 Å². The lowest BCUT2D eigenvalue weighted by Crippen LogP contribution is -2.11. The first-order valence-corrected chi connectivity index (χ1v) is 8.30. The number of nitrogens with zero attached hydrogens (tertiary/aromatic N) is 2. The first-order chi connectivity index (χ1) is 10.2. The van der Waals surface area contributed by atoms with Crippen LogP contribution in [0.3, 0.4) is 0 Å². The number of hydrogen-bond donors (Lipinski definition) is 0. The molecular weight excluding hydrogens is 348 g/mol. The summed E-state index contributed by atoms with van der Waals surface area (Å²) in [5.74, 6) is 1.62. The molecule has 1 atom stereocenters. The maximum absolute atomic E-state index is 5.95. The van der Waals surface area contributed by atoms with Gasteiger partial charge in [0.2, 0.25) is 0 Å². The third kappa shape index (κ3) is 2.85. The van der Waals surface area contributed by atoms with Gasteiger partial charge in [-0.05, 0) is 36.8 Å². The molecule has 0 N–H and O–H groups in total. The van der Waals surface area contributed by atoms with Gasteiger partial charge in [-0.3, -0.25) is 0 Å². The largest absolute Gasteiger partial charge is 0.321 e. The van der Waals surface area contributed by atoms with E-state index in [9.17, 15) is 0 Å². The minimum atomic E-state index is 0.216. The van der Waals surface area contributed by atoms with Crippen molar-refractivity contribution in [2.45, 2.75) is 19.4 Å². The van der Waals surface area contributed by atoms with Crippen LogP contribution in [0.15, 0.2) is 53.0 Å². The second kappa shape index (κ2) is 6.20. The Balaban J connectivity index is 2.15. The van der Waals surface area contributed by atoms with E-state index < -0.39 is 0 Å². The number of imidazole rings is 1. The Bertz CT molecular complexity index is 766. The summed E-state index contributed by atoms with van der Waals surface area (Å²) in [4.78, 5) is 4.74. The summed E-state index contributed by atoms with van der Waals surface area (Å²) in [6.07, 6.45) is 0.772. The van der Waals surface area contributed by atoms with Crippen LogP contribution >= 0.6 is 27.5 Å². The Labute approximate surface area is 137 Å². The SMILES string of the molecule is CC(c1cccc(Br)c1)n1c(CCCl)nc2ccccc21. The number of aromatic nitrogens is 2. The van der Waals surface area contributed by atoms with Gasteiger partial charge in [0.25, 0.3) is 0 Å². The van der Waals surface area contributed by atoms with E-state index in [2.05, 4.69) is 63.8 Å². The van der Waals surface area contributed by atoms with Gasteiger partial charge < -0.3 is 4.57 Å². The van der Waals surface area contributed by atoms with E-state index in [1.54, 1.807) is 0 Å². The highest BCUT2D eigenvalue weighted by molar-refractivity contribution is 9.10. The van der Waals surface area contributed by atoms with Crippen molar-refractivity contribution in [3.05, 3.63) is 64.4 Å². The molecule has 2 aromatic carbocycles. The first kappa shape index (κ1) is 14.6. The van der Waals surface area contributed by atoms with Crippen molar-refractivity contribution in [2.75, 3.05) is 5.88 Å². The second-order valence-corrected chi connectivity index (χ2v) is 6.35. The lowest BCUT2D eigenvalue weighted by atomic mass is 10.1. The maximum atomic E-state index is 5.95. The number of fused-ring (bicyclic) bond motifs is 1. The Hall–Kier alpha value is -1.32. The summed E-state index contributed by atoms with van der Waals surface area (Å²) >= 11 is 9.50. The summed E-state index contributed by atoms with van der Waals surface area (Å²) in [5.41, 5.74) is 3.44. The van der Waals surface area contributed by atoms with E-state index >= 15 is 0 Å². The number of halogens is 2. The van der Waals surface area contributed by atoms with Crippen LogP contribution in [0, 0.1) is 0 Å². The van der Waals surface area contributed by atoms with Gasteiger partial charge in [0.05, 0.1) is 17.1 Å². The lowest BCUT2D eigenvalue weighted by Gasteiger charge is -2.18. The molecule has 1 heterocycles. The Morgan fingerprint density at radius 3 is 2.76 bits per heavy atom. The van der Waals surface area contributed by atoms with Crippen LogP contribution in [0.5, 0.6) is 0 Å². The molecule has 0 radical (unpaired) electrons. The third-order valence-electron chi connectivity index (χ3n) is 3.71. The van der Waals surface area contributed by atoms with Gasteiger partial charge in [0, 0.05) is 16.8 Å². The molecule has 1 unspecified atom stereocenters. The molecule has 108 valence electrons. The summed E-state index contributed by atoms with van der Waals surface area (Å²) in [6.45, 7) is 2.20. The third-order valence-corrected chi connectivity index (χ3v) is 4.39. The van der Waals surface area contributed by atoms with Crippen LogP contribution in [0.2, 0.25) is 0 Å². The van der Waals surface area contributed by atoms with Crippen molar-refractivity contribution in [1.82, 2.24) is 9.55 Å². The van der Waals surface area contributed by atoms with Gasteiger partial charge in [0.15, 0.2) is 0 Å². The average molecular weight is 364 g/mol. The molecule has 0 aliphatic rings. The number of hydrogen-bond acceptors (Lipinski definition) is 1. The molecule has 3 aromatic rings. The Morgan fingerprint density at radius 2 is 2.00 bits per heavy atom. The first-order valence-electron chi connectivity index (χ1n) is 6.98. The van der Waals surface area contributed by atoms with E-state index in [1.807, 2.05) is 12.1 Å². The van der Waals surface area contributed by atoms with Gasteiger partial charge in [-0.1, -0.05) is 40.2 Å². The van der Waals surface area contributed by atoms with Gasteiger partial charge in [-0.25, -0.2) is 4.98 Å². The smallest absolute Gasteiger partial charge is 0.111 e. The Morgan fingerprint density at radius 1 is 1.19 bits per heavy atom. The molecule has 0 amide bonds. The van der Waals surface area contributed by atoms with Crippen molar-refractivity contribution in [2.24, 2.45) is 0 Å². The number of benzene rings is 2. The fraction of sp³-hybridized carbons (Fsp3) is 0.235. The standard InChI is InChI=1S/C17H16BrClN2/c1-12(13-5-4-6-14(18)11-13)21-16-8-3-2-7-15(16)20-17(21)9-10-19/h2-8,11-12H,9-10H2,1H3. The Kier molecular flexibility index (Phi) is 4.32. The molecule has 4 heteroatoms. The molecule has 0 spiro atoms. The molecule has 3 rings (SSSR count). The van der Waals surface area contributed by atoms with Gasteiger partial charge in [-0.15, -0.1) is 11.6 Å². The van der Waals surface area contributed by atoms with Gasteiger partial charge in [0.1, 0.15) is 5.82 Å². The highest BCUT2D eigenvalue weighted by atomic mass is 79.9. The molecule has 0 bridgehead atoms. The molecular formula is C17H16BrClN2. The lowest BCUT2D eigenvalue weighted by molar-refractivity contribution is 0.623. The van der Waals surface area contributed by atoms with Crippen LogP contribution in [0.1, 0.15) is 24.4 Å². The highest BCUT2D eigenvalue weighted by Crippen LogP contribution is 2.27. The number of aryl methyl sites for hydroxylation is 1. The van der Waals surface area contributed by atoms with E-state index in [1.165, 1.54) is 5.56 Å². The topological polar surface area (TPSA) is 17.8 Å². The van der Waals surface area contributed by atoms with Crippen LogP contribution in [0.4, 0.5) is 0 Å². The van der Waals surface area contributed by atoms with Gasteiger partial charge in [-0.2, -0.15) is 0 Å². The van der Waals surface area contributed by atoms with Crippen molar-refractivity contribution < 1.29 is 0 Å². The van der Waals surface area contributed by atoms with Crippen molar-refractivity contribution in [3.63, 3.8) is 0 Å². The molecule has 21 heavy (non-hydrogen) atoms. The van der Waals surface area contributed by atoms with Crippen molar-refractivity contribution >= 4 is 38.6 Å². The van der Waals surface area contributed by atoms with Crippen LogP contribution in [-0.4, -0.2) is 15.4 Å². The minimum Gasteiger partial charge on any atom is -0.321 e. The highest BCUT2D eigenvalue weighted by Gasteiger charge is 2.16. The molecule has 0 aliphatic carbocycles. The summed E-state index contributed by atoms with van der Waals surface area (Å²) < 4.78 is 3.38. The number of rotatable bonds is 4. The molecule has 0 saturated heterocycles. The monoisotopic (exact) mass is 362 g/mol. The minimum absolute atomic E-state index is 0.216. The predicted octanol–water partition coefficient (Wildman–Crippen LogP) is 5.19. The zero-order chi connectivity index (χ0) is 14.8. The van der Waals surface area contributed by atoms with E-state index in [-0.39, 0.29) is 6.04 Å². The summed E-state index contributed by atoms with van der Waals surface area (Å²) in [6, 6.07) is 16.9. The second-order valence-electron chi connectivity index (χ2n) is 5.06. The summed E-state index contributed by atoms with van der Waals surface area (Å²) in [7, 11) is 0. The van der Waals surface area contributed by atoms with Gasteiger partial charge >= 0.3 is 0 Å². The zero-order valence-corrected chi connectivity index (χ0v) is 14.1. The van der Waals surface area contributed by atoms with E-state index in [0.717, 1.165) is 27.8 Å². The number of para-hydroxylation sites is 2. The van der Waals surface area contributed by atoms with Crippen molar-refractivity contribution in [1.29, 1.82) is 0 Å². The molecule has 0 fully saturated rings. The van der Waals surface area contributed by atoms with E-state index in [0.29, 0.717) is 5.88 Å². The van der Waals surface area contributed by atoms with Crippen LogP contribution in [-0.2, 0) is 6.42 Å². The van der Waals surface area contributed by atoms with Crippen LogP contribution < -0.4 is 0 Å². The van der Waals surface area contributed by atoms with E-state index in [4.69, 9.17) is 16.6 Å². The summed E-state index contributed by atoms with van der Waals surface area (Å²) in [5, 5.41) is 0. The molecule has 2 nitrogen and oxygen atoms in total. The predicted molar refractivity (Wildman–Crippen MR) is 92.1 cm³/mol. The quantitative estimate of drug-likeness (QED) is 0.583. The maximum Gasteiger partial charge on any atom is 0.111 e. The molecule has 0 aliphatic heterocycles. The zero-order valence-electron chi connectivity index (χ0n) is 11.8. The number of alkyl halides is 1. The average Bonchev–Trinajstić information content (AvgIpc) is 2.85. The normalized spacial score (nSPS) is 12.7. The fourth-order valence-electron chi connectivity index (χ4n) is 2.70.